The predicted molar refractivity (Wildman–Crippen MR) is 79.7 cm³/mol. The van der Waals surface area contributed by atoms with E-state index in [9.17, 15) is 0 Å². The summed E-state index contributed by atoms with van der Waals surface area (Å²) in [6.45, 7) is 7.28. The molecule has 19 heavy (non-hydrogen) atoms. The third kappa shape index (κ3) is 4.26. The molecule has 102 valence electrons. The molecule has 1 unspecified atom stereocenters. The Morgan fingerprint density at radius 2 is 2.32 bits per heavy atom. The standard InChI is InChI=1S/C13H18N4S2/c1-4-6-14-9(2)11-5-7-15-12(8-11)18-13-16-10(3)17-19-13/h5,7-9,14H,4,6H2,1-3H3. The van der Waals surface area contributed by atoms with E-state index in [1.54, 1.807) is 11.8 Å². The summed E-state index contributed by atoms with van der Waals surface area (Å²) in [5, 5.41) is 4.45. The zero-order valence-electron chi connectivity index (χ0n) is 11.4. The van der Waals surface area contributed by atoms with E-state index in [0.717, 1.165) is 28.2 Å². The molecule has 0 saturated carbocycles. The van der Waals surface area contributed by atoms with Crippen LogP contribution in [0.2, 0.25) is 0 Å². The van der Waals surface area contributed by atoms with E-state index < -0.39 is 0 Å². The maximum absolute atomic E-state index is 4.38. The lowest BCUT2D eigenvalue weighted by atomic mass is 10.1. The quantitative estimate of drug-likeness (QED) is 0.884. The van der Waals surface area contributed by atoms with Crippen molar-refractivity contribution < 1.29 is 0 Å². The second-order valence-electron chi connectivity index (χ2n) is 4.31. The van der Waals surface area contributed by atoms with Crippen LogP contribution in [0.3, 0.4) is 0 Å². The Bertz CT molecular complexity index is 527. The van der Waals surface area contributed by atoms with Crippen molar-refractivity contribution in [3.05, 3.63) is 29.7 Å². The minimum absolute atomic E-state index is 0.346. The van der Waals surface area contributed by atoms with Crippen LogP contribution in [0.15, 0.2) is 27.7 Å². The summed E-state index contributed by atoms with van der Waals surface area (Å²) < 4.78 is 5.12. The average molecular weight is 294 g/mol. The maximum Gasteiger partial charge on any atom is 0.176 e. The van der Waals surface area contributed by atoms with Crippen LogP contribution in [0.1, 0.15) is 37.7 Å². The van der Waals surface area contributed by atoms with Crippen molar-refractivity contribution in [2.24, 2.45) is 0 Å². The van der Waals surface area contributed by atoms with Gasteiger partial charge in [-0.2, -0.15) is 4.37 Å². The van der Waals surface area contributed by atoms with E-state index in [2.05, 4.69) is 45.6 Å². The van der Waals surface area contributed by atoms with E-state index in [-0.39, 0.29) is 0 Å². The molecule has 0 fully saturated rings. The van der Waals surface area contributed by atoms with Gasteiger partial charge in [-0.15, -0.1) is 0 Å². The fourth-order valence-corrected chi connectivity index (χ4v) is 3.24. The highest BCUT2D eigenvalue weighted by Crippen LogP contribution is 2.28. The smallest absolute Gasteiger partial charge is 0.176 e. The molecule has 2 aromatic rings. The molecule has 0 aliphatic heterocycles. The zero-order chi connectivity index (χ0) is 13.7. The molecule has 1 N–H and O–H groups in total. The molecule has 6 heteroatoms. The number of aromatic nitrogens is 3. The topological polar surface area (TPSA) is 50.7 Å². The van der Waals surface area contributed by atoms with Crippen LogP contribution < -0.4 is 5.32 Å². The molecule has 0 radical (unpaired) electrons. The van der Waals surface area contributed by atoms with Gasteiger partial charge in [-0.25, -0.2) is 9.97 Å². The molecule has 0 amide bonds. The molecular formula is C13H18N4S2. The number of nitrogens with zero attached hydrogens (tertiary/aromatic N) is 3. The van der Waals surface area contributed by atoms with Crippen molar-refractivity contribution in [2.45, 2.75) is 42.6 Å². The third-order valence-corrected chi connectivity index (χ3v) is 4.44. The molecule has 0 aromatic carbocycles. The van der Waals surface area contributed by atoms with Gasteiger partial charge in [0, 0.05) is 12.2 Å². The van der Waals surface area contributed by atoms with Crippen molar-refractivity contribution in [1.82, 2.24) is 19.7 Å². The zero-order valence-corrected chi connectivity index (χ0v) is 13.0. The number of rotatable bonds is 6. The minimum atomic E-state index is 0.346. The van der Waals surface area contributed by atoms with Crippen LogP contribution in [-0.2, 0) is 0 Å². The Balaban J connectivity index is 2.06. The Kier molecular flexibility index (Phi) is 5.30. The van der Waals surface area contributed by atoms with Gasteiger partial charge in [0.05, 0.1) is 0 Å². The molecule has 0 saturated heterocycles. The summed E-state index contributed by atoms with van der Waals surface area (Å²) in [7, 11) is 0. The van der Waals surface area contributed by atoms with Crippen LogP contribution in [-0.4, -0.2) is 20.9 Å². The first-order chi connectivity index (χ1) is 9.19. The molecular weight excluding hydrogens is 276 g/mol. The summed E-state index contributed by atoms with van der Waals surface area (Å²) in [5.41, 5.74) is 1.26. The molecule has 0 bridgehead atoms. The molecule has 2 aromatic heterocycles. The van der Waals surface area contributed by atoms with Crippen LogP contribution in [0.5, 0.6) is 0 Å². The van der Waals surface area contributed by atoms with Gasteiger partial charge in [0.1, 0.15) is 10.9 Å². The Labute approximate surface area is 122 Å². The second-order valence-corrected chi connectivity index (χ2v) is 6.33. The monoisotopic (exact) mass is 294 g/mol. The summed E-state index contributed by atoms with van der Waals surface area (Å²) in [6.07, 6.45) is 3.00. The summed E-state index contributed by atoms with van der Waals surface area (Å²) in [4.78, 5) is 8.73. The van der Waals surface area contributed by atoms with Gasteiger partial charge in [-0.3, -0.25) is 0 Å². The fraction of sp³-hybridized carbons (Fsp3) is 0.462. The molecule has 0 aliphatic carbocycles. The van der Waals surface area contributed by atoms with Crippen LogP contribution in [0.4, 0.5) is 0 Å². The van der Waals surface area contributed by atoms with Gasteiger partial charge in [-0.1, -0.05) is 6.92 Å². The molecule has 4 nitrogen and oxygen atoms in total. The molecule has 2 heterocycles. The van der Waals surface area contributed by atoms with Crippen molar-refractivity contribution in [3.8, 4) is 0 Å². The van der Waals surface area contributed by atoms with Gasteiger partial charge >= 0.3 is 0 Å². The fourth-order valence-electron chi connectivity index (χ4n) is 1.64. The first kappa shape index (κ1) is 14.4. The van der Waals surface area contributed by atoms with E-state index in [1.165, 1.54) is 17.1 Å². The van der Waals surface area contributed by atoms with E-state index in [4.69, 9.17) is 0 Å². The van der Waals surface area contributed by atoms with Gasteiger partial charge in [0.15, 0.2) is 4.34 Å². The Hall–Kier alpha value is -0.980. The number of hydrogen-bond donors (Lipinski definition) is 1. The largest absolute Gasteiger partial charge is 0.310 e. The number of hydrogen-bond acceptors (Lipinski definition) is 6. The van der Waals surface area contributed by atoms with E-state index in [0.29, 0.717) is 6.04 Å². The van der Waals surface area contributed by atoms with Gasteiger partial charge in [0.25, 0.3) is 0 Å². The lowest BCUT2D eigenvalue weighted by Crippen LogP contribution is -2.19. The van der Waals surface area contributed by atoms with Crippen molar-refractivity contribution >= 4 is 23.3 Å². The van der Waals surface area contributed by atoms with Crippen molar-refractivity contribution in [1.29, 1.82) is 0 Å². The number of nitrogens with one attached hydrogen (secondary N) is 1. The van der Waals surface area contributed by atoms with Crippen molar-refractivity contribution in [3.63, 3.8) is 0 Å². The maximum atomic E-state index is 4.38. The van der Waals surface area contributed by atoms with Crippen molar-refractivity contribution in [2.75, 3.05) is 6.54 Å². The van der Waals surface area contributed by atoms with Crippen LogP contribution in [0.25, 0.3) is 0 Å². The van der Waals surface area contributed by atoms with Gasteiger partial charge in [0.2, 0.25) is 0 Å². The predicted octanol–water partition coefficient (Wildman–Crippen LogP) is 3.45. The highest BCUT2D eigenvalue weighted by Gasteiger charge is 2.08. The molecule has 0 spiro atoms. The third-order valence-electron chi connectivity index (χ3n) is 2.66. The van der Waals surface area contributed by atoms with E-state index in [1.807, 2.05) is 13.1 Å². The second kappa shape index (κ2) is 6.98. The summed E-state index contributed by atoms with van der Waals surface area (Å²) in [5.74, 6) is 0.821. The van der Waals surface area contributed by atoms with Crippen LogP contribution in [0, 0.1) is 6.92 Å². The normalized spacial score (nSPS) is 12.6. The van der Waals surface area contributed by atoms with Gasteiger partial charge < -0.3 is 5.32 Å². The number of pyridine rings is 1. The highest BCUT2D eigenvalue weighted by molar-refractivity contribution is 8.00. The summed E-state index contributed by atoms with van der Waals surface area (Å²) in [6, 6.07) is 4.52. The SMILES string of the molecule is CCCNC(C)c1ccnc(Sc2nc(C)ns2)c1. The van der Waals surface area contributed by atoms with Gasteiger partial charge in [-0.05, 0) is 67.8 Å². The first-order valence-corrected chi connectivity index (χ1v) is 7.95. The van der Waals surface area contributed by atoms with E-state index >= 15 is 0 Å². The Morgan fingerprint density at radius 1 is 1.47 bits per heavy atom. The molecule has 0 aliphatic rings. The summed E-state index contributed by atoms with van der Waals surface area (Å²) >= 11 is 2.99. The number of aryl methyl sites for hydroxylation is 1. The lowest BCUT2D eigenvalue weighted by molar-refractivity contribution is 0.569. The molecule has 1 atom stereocenters. The minimum Gasteiger partial charge on any atom is -0.310 e. The average Bonchev–Trinajstić information content (AvgIpc) is 2.81. The Morgan fingerprint density at radius 3 is 3.00 bits per heavy atom. The first-order valence-electron chi connectivity index (χ1n) is 6.36. The highest BCUT2D eigenvalue weighted by atomic mass is 32.2. The lowest BCUT2D eigenvalue weighted by Gasteiger charge is -2.13. The molecule has 2 rings (SSSR count). The van der Waals surface area contributed by atoms with Crippen LogP contribution >= 0.6 is 23.3 Å².